The van der Waals surface area contributed by atoms with E-state index in [2.05, 4.69) is 23.2 Å². The van der Waals surface area contributed by atoms with Crippen molar-refractivity contribution in [3.8, 4) is 5.75 Å². The molecule has 0 aliphatic heterocycles. The van der Waals surface area contributed by atoms with E-state index in [0.717, 1.165) is 30.8 Å². The molecular formula is C22H24N4O4S. The minimum absolute atomic E-state index is 0.0936. The number of non-ortho nitro benzene ring substituents is 1. The van der Waals surface area contributed by atoms with Gasteiger partial charge in [0, 0.05) is 31.2 Å². The lowest BCUT2D eigenvalue weighted by Gasteiger charge is -2.08. The molecule has 0 spiro atoms. The van der Waals surface area contributed by atoms with Crippen LogP contribution in [0.3, 0.4) is 0 Å². The standard InChI is InChI=1S/C22H24N4O4S/c1-15-12-19(30-3)11-10-16(15)6-5-9-21-23-24-22(25(21)2)31-14-20(27)17-7-4-8-18(13-17)26(28)29/h4,7-8,10-13H,5-6,9,14H2,1-3H3. The number of nitro groups is 1. The molecule has 0 bridgehead atoms. The van der Waals surface area contributed by atoms with E-state index in [1.807, 2.05) is 23.7 Å². The Morgan fingerprint density at radius 2 is 2.00 bits per heavy atom. The monoisotopic (exact) mass is 440 g/mol. The van der Waals surface area contributed by atoms with Crippen LogP contribution >= 0.6 is 11.8 Å². The highest BCUT2D eigenvalue weighted by atomic mass is 32.2. The van der Waals surface area contributed by atoms with Crippen molar-refractivity contribution < 1.29 is 14.5 Å². The number of methoxy groups -OCH3 is 1. The molecule has 0 amide bonds. The van der Waals surface area contributed by atoms with E-state index in [-0.39, 0.29) is 17.2 Å². The lowest BCUT2D eigenvalue weighted by Crippen LogP contribution is -2.05. The second-order valence-electron chi connectivity index (χ2n) is 7.12. The molecule has 31 heavy (non-hydrogen) atoms. The average molecular weight is 441 g/mol. The minimum Gasteiger partial charge on any atom is -0.497 e. The van der Waals surface area contributed by atoms with Gasteiger partial charge < -0.3 is 9.30 Å². The number of ether oxygens (including phenoxy) is 1. The molecule has 0 aliphatic carbocycles. The highest BCUT2D eigenvalue weighted by molar-refractivity contribution is 7.99. The second kappa shape index (κ2) is 10.2. The minimum atomic E-state index is -0.508. The molecule has 162 valence electrons. The van der Waals surface area contributed by atoms with Crippen molar-refractivity contribution in [2.45, 2.75) is 31.3 Å². The van der Waals surface area contributed by atoms with Crippen molar-refractivity contribution >= 4 is 23.2 Å². The van der Waals surface area contributed by atoms with Gasteiger partial charge in [-0.25, -0.2) is 0 Å². The van der Waals surface area contributed by atoms with Gasteiger partial charge >= 0.3 is 0 Å². The Hall–Kier alpha value is -3.20. The molecule has 3 aromatic rings. The second-order valence-corrected chi connectivity index (χ2v) is 8.07. The molecule has 0 fully saturated rings. The summed E-state index contributed by atoms with van der Waals surface area (Å²) in [4.78, 5) is 22.8. The van der Waals surface area contributed by atoms with Gasteiger partial charge in [-0.15, -0.1) is 10.2 Å². The van der Waals surface area contributed by atoms with Crippen LogP contribution in [0.4, 0.5) is 5.69 Å². The van der Waals surface area contributed by atoms with Crippen LogP contribution in [0, 0.1) is 17.0 Å². The molecule has 0 unspecified atom stereocenters. The fourth-order valence-corrected chi connectivity index (χ4v) is 4.03. The van der Waals surface area contributed by atoms with Gasteiger partial charge in [-0.3, -0.25) is 14.9 Å². The number of aromatic nitrogens is 3. The molecular weight excluding hydrogens is 416 g/mol. The number of benzene rings is 2. The van der Waals surface area contributed by atoms with E-state index < -0.39 is 4.92 Å². The van der Waals surface area contributed by atoms with Crippen molar-refractivity contribution in [1.82, 2.24) is 14.8 Å². The molecule has 0 atom stereocenters. The van der Waals surface area contributed by atoms with E-state index in [9.17, 15) is 14.9 Å². The number of ketones is 1. The SMILES string of the molecule is COc1ccc(CCCc2nnc(SCC(=O)c3cccc([N+](=O)[O-])c3)n2C)c(C)c1. The molecule has 0 saturated carbocycles. The summed E-state index contributed by atoms with van der Waals surface area (Å²) in [6.07, 6.45) is 2.63. The third-order valence-corrected chi connectivity index (χ3v) is 6.05. The summed E-state index contributed by atoms with van der Waals surface area (Å²) < 4.78 is 7.14. The van der Waals surface area contributed by atoms with Gasteiger partial charge in [0.25, 0.3) is 5.69 Å². The van der Waals surface area contributed by atoms with Crippen LogP contribution in [0.1, 0.15) is 33.7 Å². The molecule has 9 heteroatoms. The van der Waals surface area contributed by atoms with Crippen molar-refractivity contribution in [2.24, 2.45) is 7.05 Å². The van der Waals surface area contributed by atoms with Crippen molar-refractivity contribution in [3.05, 3.63) is 75.1 Å². The van der Waals surface area contributed by atoms with E-state index in [1.54, 1.807) is 13.2 Å². The normalized spacial score (nSPS) is 10.8. The Morgan fingerprint density at radius 3 is 2.71 bits per heavy atom. The lowest BCUT2D eigenvalue weighted by molar-refractivity contribution is -0.384. The number of aryl methyl sites for hydroxylation is 3. The molecule has 0 saturated heterocycles. The van der Waals surface area contributed by atoms with E-state index in [0.29, 0.717) is 10.7 Å². The first-order chi connectivity index (χ1) is 14.9. The molecule has 0 N–H and O–H groups in total. The zero-order chi connectivity index (χ0) is 22.4. The highest BCUT2D eigenvalue weighted by Gasteiger charge is 2.15. The van der Waals surface area contributed by atoms with Crippen LogP contribution < -0.4 is 4.74 Å². The lowest BCUT2D eigenvalue weighted by atomic mass is 10.0. The van der Waals surface area contributed by atoms with Crippen molar-refractivity contribution in [2.75, 3.05) is 12.9 Å². The number of rotatable bonds is 10. The van der Waals surface area contributed by atoms with Gasteiger partial charge in [-0.2, -0.15) is 0 Å². The van der Waals surface area contributed by atoms with Crippen LogP contribution in [0.2, 0.25) is 0 Å². The number of Topliss-reactive ketones (excluding diaryl/α,β-unsaturated/α-hetero) is 1. The smallest absolute Gasteiger partial charge is 0.270 e. The van der Waals surface area contributed by atoms with Gasteiger partial charge in [0.15, 0.2) is 10.9 Å². The number of nitro benzene ring substituents is 1. The van der Waals surface area contributed by atoms with Crippen molar-refractivity contribution in [3.63, 3.8) is 0 Å². The predicted molar refractivity (Wildman–Crippen MR) is 119 cm³/mol. The molecule has 1 aromatic heterocycles. The van der Waals surface area contributed by atoms with Crippen LogP contribution in [0.25, 0.3) is 0 Å². The Morgan fingerprint density at radius 1 is 1.19 bits per heavy atom. The first kappa shape index (κ1) is 22.5. The van der Waals surface area contributed by atoms with Gasteiger partial charge in [0.2, 0.25) is 0 Å². The topological polar surface area (TPSA) is 100 Å². The highest BCUT2D eigenvalue weighted by Crippen LogP contribution is 2.21. The third kappa shape index (κ3) is 5.69. The van der Waals surface area contributed by atoms with Crippen LogP contribution in [-0.4, -0.2) is 38.3 Å². The zero-order valence-electron chi connectivity index (χ0n) is 17.7. The number of nitrogens with zero attached hydrogens (tertiary/aromatic N) is 4. The summed E-state index contributed by atoms with van der Waals surface area (Å²) in [5, 5.41) is 20.0. The largest absolute Gasteiger partial charge is 0.497 e. The molecule has 2 aromatic carbocycles. The summed E-state index contributed by atoms with van der Waals surface area (Å²) in [6, 6.07) is 11.9. The molecule has 3 rings (SSSR count). The van der Waals surface area contributed by atoms with Gasteiger partial charge in [0.05, 0.1) is 17.8 Å². The fraction of sp³-hybridized carbons (Fsp3) is 0.318. The number of carbonyl (C=O) groups excluding carboxylic acids is 1. The first-order valence-electron chi connectivity index (χ1n) is 9.81. The Labute approximate surface area is 184 Å². The van der Waals surface area contributed by atoms with Gasteiger partial charge in [-0.1, -0.05) is 30.0 Å². The first-order valence-corrected chi connectivity index (χ1v) is 10.8. The third-order valence-electron chi connectivity index (χ3n) is 5.03. The van der Waals surface area contributed by atoms with E-state index in [4.69, 9.17) is 4.74 Å². The Balaban J connectivity index is 1.55. The summed E-state index contributed by atoms with van der Waals surface area (Å²) in [5.74, 6) is 1.67. The number of hydrogen-bond donors (Lipinski definition) is 0. The summed E-state index contributed by atoms with van der Waals surface area (Å²) in [7, 11) is 3.55. The van der Waals surface area contributed by atoms with Crippen LogP contribution in [0.15, 0.2) is 47.6 Å². The average Bonchev–Trinajstić information content (AvgIpc) is 3.12. The van der Waals surface area contributed by atoms with Gasteiger partial charge in [0.1, 0.15) is 11.6 Å². The maximum atomic E-state index is 12.4. The summed E-state index contributed by atoms with van der Waals surface area (Å²) in [5.41, 5.74) is 2.70. The summed E-state index contributed by atoms with van der Waals surface area (Å²) >= 11 is 1.28. The van der Waals surface area contributed by atoms with Gasteiger partial charge in [-0.05, 0) is 43.0 Å². The molecule has 0 aliphatic rings. The fourth-order valence-electron chi connectivity index (χ4n) is 3.21. The number of thioether (sulfide) groups is 1. The maximum absolute atomic E-state index is 12.4. The van der Waals surface area contributed by atoms with Crippen LogP contribution in [0.5, 0.6) is 5.75 Å². The zero-order valence-corrected chi connectivity index (χ0v) is 18.5. The Kier molecular flexibility index (Phi) is 7.41. The number of hydrogen-bond acceptors (Lipinski definition) is 7. The van der Waals surface area contributed by atoms with Crippen LogP contribution in [-0.2, 0) is 19.9 Å². The van der Waals surface area contributed by atoms with E-state index in [1.165, 1.54) is 41.1 Å². The van der Waals surface area contributed by atoms with E-state index >= 15 is 0 Å². The Bertz CT molecular complexity index is 1100. The molecule has 8 nitrogen and oxygen atoms in total. The van der Waals surface area contributed by atoms with Crippen molar-refractivity contribution in [1.29, 1.82) is 0 Å². The molecule has 1 heterocycles. The quantitative estimate of drug-likeness (QED) is 0.202. The summed E-state index contributed by atoms with van der Waals surface area (Å²) in [6.45, 7) is 2.08. The molecule has 0 radical (unpaired) electrons. The maximum Gasteiger partial charge on any atom is 0.270 e. The predicted octanol–water partition coefficient (Wildman–Crippen LogP) is 4.19. The number of carbonyl (C=O) groups is 1.